The van der Waals surface area contributed by atoms with Crippen LogP contribution in [0.1, 0.15) is 10.4 Å². The monoisotopic (exact) mass is 341 g/mol. The zero-order valence-electron chi connectivity index (χ0n) is 13.5. The molecule has 7 nitrogen and oxygen atoms in total. The summed E-state index contributed by atoms with van der Waals surface area (Å²) in [5.41, 5.74) is 1.09. The van der Waals surface area contributed by atoms with Gasteiger partial charge in [-0.25, -0.2) is 4.39 Å². The Hall–Kier alpha value is -3.29. The molecule has 0 saturated carbocycles. The van der Waals surface area contributed by atoms with Gasteiger partial charge in [0.1, 0.15) is 24.5 Å². The standard InChI is InChI=1S/C17H16FN5O2/c1-22(10-11-25-14-8-6-13(18)7-9-14)17(24)15-4-2-3-5-16(15)23-12-19-20-21-23/h2-9,12H,10-11H2,1H3. The third kappa shape index (κ3) is 3.97. The van der Waals surface area contributed by atoms with Crippen molar-refractivity contribution in [3.8, 4) is 11.4 Å². The Kier molecular flexibility index (Phi) is 4.98. The lowest BCUT2D eigenvalue weighted by Gasteiger charge is -2.19. The molecule has 0 N–H and O–H groups in total. The minimum absolute atomic E-state index is 0.172. The number of tetrazole rings is 1. The summed E-state index contributed by atoms with van der Waals surface area (Å²) in [6, 6.07) is 12.8. The second-order valence-corrected chi connectivity index (χ2v) is 5.30. The first kappa shape index (κ1) is 16.6. The van der Waals surface area contributed by atoms with Crippen molar-refractivity contribution in [2.24, 2.45) is 0 Å². The summed E-state index contributed by atoms with van der Waals surface area (Å²) in [4.78, 5) is 14.2. The average Bonchev–Trinajstić information content (AvgIpc) is 3.17. The third-order valence-electron chi connectivity index (χ3n) is 3.59. The maximum absolute atomic E-state index is 12.9. The molecule has 0 aliphatic heterocycles. The van der Waals surface area contributed by atoms with Crippen LogP contribution in [0.25, 0.3) is 5.69 Å². The quantitative estimate of drug-likeness (QED) is 0.685. The number of amides is 1. The normalized spacial score (nSPS) is 10.5. The van der Waals surface area contributed by atoms with Crippen molar-refractivity contribution in [2.45, 2.75) is 0 Å². The molecule has 0 aliphatic rings. The van der Waals surface area contributed by atoms with Crippen molar-refractivity contribution in [3.63, 3.8) is 0 Å². The van der Waals surface area contributed by atoms with Gasteiger partial charge in [0.05, 0.1) is 17.8 Å². The van der Waals surface area contributed by atoms with Crippen LogP contribution in [0.15, 0.2) is 54.9 Å². The fraction of sp³-hybridized carbons (Fsp3) is 0.176. The summed E-state index contributed by atoms with van der Waals surface area (Å²) < 4.78 is 19.8. The molecular weight excluding hydrogens is 325 g/mol. The van der Waals surface area contributed by atoms with Crippen LogP contribution in [0, 0.1) is 5.82 Å². The number of halogens is 1. The molecule has 8 heteroatoms. The fourth-order valence-corrected chi connectivity index (χ4v) is 2.26. The van der Waals surface area contributed by atoms with E-state index < -0.39 is 0 Å². The highest BCUT2D eigenvalue weighted by Crippen LogP contribution is 2.15. The molecule has 128 valence electrons. The molecule has 0 fully saturated rings. The van der Waals surface area contributed by atoms with E-state index in [9.17, 15) is 9.18 Å². The van der Waals surface area contributed by atoms with Crippen LogP contribution in [-0.2, 0) is 0 Å². The number of para-hydroxylation sites is 1. The molecule has 1 heterocycles. The first-order valence-electron chi connectivity index (χ1n) is 7.61. The number of rotatable bonds is 6. The van der Waals surface area contributed by atoms with Gasteiger partial charge in [0, 0.05) is 7.05 Å². The summed E-state index contributed by atoms with van der Waals surface area (Å²) in [6.45, 7) is 0.668. The lowest BCUT2D eigenvalue weighted by molar-refractivity contribution is 0.0773. The van der Waals surface area contributed by atoms with Gasteiger partial charge in [-0.05, 0) is 46.8 Å². The molecule has 25 heavy (non-hydrogen) atoms. The zero-order chi connectivity index (χ0) is 17.6. The van der Waals surface area contributed by atoms with Crippen LogP contribution in [-0.4, -0.2) is 51.2 Å². The third-order valence-corrected chi connectivity index (χ3v) is 3.59. The fourth-order valence-electron chi connectivity index (χ4n) is 2.26. The Bertz CT molecular complexity index is 837. The Morgan fingerprint density at radius 2 is 1.96 bits per heavy atom. The van der Waals surface area contributed by atoms with Gasteiger partial charge < -0.3 is 9.64 Å². The number of benzene rings is 2. The highest BCUT2D eigenvalue weighted by Gasteiger charge is 2.17. The minimum atomic E-state index is -0.321. The lowest BCUT2D eigenvalue weighted by atomic mass is 10.1. The van der Waals surface area contributed by atoms with E-state index >= 15 is 0 Å². The maximum atomic E-state index is 12.9. The molecule has 1 aromatic heterocycles. The van der Waals surface area contributed by atoms with Gasteiger partial charge in [-0.2, -0.15) is 4.68 Å². The number of carbonyl (C=O) groups is 1. The summed E-state index contributed by atoms with van der Waals surface area (Å²) >= 11 is 0. The summed E-state index contributed by atoms with van der Waals surface area (Å²) in [5, 5.41) is 11.0. The molecule has 0 atom stereocenters. The second-order valence-electron chi connectivity index (χ2n) is 5.30. The maximum Gasteiger partial charge on any atom is 0.255 e. The molecule has 0 saturated heterocycles. The van der Waals surface area contributed by atoms with E-state index in [-0.39, 0.29) is 11.7 Å². The predicted octanol–water partition coefficient (Wildman–Crippen LogP) is 1.95. The van der Waals surface area contributed by atoms with Crippen LogP contribution >= 0.6 is 0 Å². The van der Waals surface area contributed by atoms with Crippen molar-refractivity contribution < 1.29 is 13.9 Å². The molecule has 0 radical (unpaired) electrons. The Morgan fingerprint density at radius 3 is 2.68 bits per heavy atom. The minimum Gasteiger partial charge on any atom is -0.492 e. The molecule has 3 aromatic rings. The Balaban J connectivity index is 1.64. The van der Waals surface area contributed by atoms with E-state index in [1.165, 1.54) is 23.1 Å². The molecule has 2 aromatic carbocycles. The van der Waals surface area contributed by atoms with Crippen molar-refractivity contribution in [1.29, 1.82) is 0 Å². The van der Waals surface area contributed by atoms with Crippen LogP contribution in [0.5, 0.6) is 5.75 Å². The van der Waals surface area contributed by atoms with E-state index in [1.54, 1.807) is 42.3 Å². The van der Waals surface area contributed by atoms with E-state index in [1.807, 2.05) is 6.07 Å². The molecule has 0 unspecified atom stereocenters. The van der Waals surface area contributed by atoms with Gasteiger partial charge in [-0.3, -0.25) is 4.79 Å². The number of nitrogens with zero attached hydrogens (tertiary/aromatic N) is 5. The number of likely N-dealkylation sites (N-methyl/N-ethyl adjacent to an activating group) is 1. The SMILES string of the molecule is CN(CCOc1ccc(F)cc1)C(=O)c1ccccc1-n1cnnn1. The first-order valence-corrected chi connectivity index (χ1v) is 7.61. The van der Waals surface area contributed by atoms with Gasteiger partial charge in [-0.1, -0.05) is 12.1 Å². The van der Waals surface area contributed by atoms with Crippen molar-refractivity contribution in [1.82, 2.24) is 25.1 Å². The van der Waals surface area contributed by atoms with Crippen LogP contribution in [0.4, 0.5) is 4.39 Å². The summed E-state index contributed by atoms with van der Waals surface area (Å²) in [6.07, 6.45) is 1.43. The van der Waals surface area contributed by atoms with Gasteiger partial charge in [0.2, 0.25) is 0 Å². The predicted molar refractivity (Wildman–Crippen MR) is 88.0 cm³/mol. The van der Waals surface area contributed by atoms with E-state index in [2.05, 4.69) is 15.5 Å². The Labute approximate surface area is 143 Å². The van der Waals surface area contributed by atoms with E-state index in [4.69, 9.17) is 4.74 Å². The van der Waals surface area contributed by atoms with Gasteiger partial charge >= 0.3 is 0 Å². The highest BCUT2D eigenvalue weighted by molar-refractivity contribution is 5.97. The number of carbonyl (C=O) groups excluding carboxylic acids is 1. The zero-order valence-corrected chi connectivity index (χ0v) is 13.5. The molecular formula is C17H16FN5O2. The number of hydrogen-bond acceptors (Lipinski definition) is 5. The summed E-state index contributed by atoms with van der Waals surface area (Å²) in [5.74, 6) is 0.0593. The molecule has 0 aliphatic carbocycles. The van der Waals surface area contributed by atoms with Gasteiger partial charge in [-0.15, -0.1) is 5.10 Å². The summed E-state index contributed by atoms with van der Waals surface area (Å²) in [7, 11) is 1.69. The van der Waals surface area contributed by atoms with Crippen LogP contribution in [0.3, 0.4) is 0 Å². The van der Waals surface area contributed by atoms with E-state index in [0.29, 0.717) is 30.2 Å². The van der Waals surface area contributed by atoms with Crippen molar-refractivity contribution in [3.05, 3.63) is 66.2 Å². The van der Waals surface area contributed by atoms with Crippen molar-refractivity contribution >= 4 is 5.91 Å². The van der Waals surface area contributed by atoms with Crippen molar-refractivity contribution in [2.75, 3.05) is 20.2 Å². The second kappa shape index (κ2) is 7.52. The molecule has 0 spiro atoms. The molecule has 0 bridgehead atoms. The number of aromatic nitrogens is 4. The molecule has 1 amide bonds. The lowest BCUT2D eigenvalue weighted by Crippen LogP contribution is -2.31. The highest BCUT2D eigenvalue weighted by atomic mass is 19.1. The van der Waals surface area contributed by atoms with Crippen LogP contribution in [0.2, 0.25) is 0 Å². The largest absolute Gasteiger partial charge is 0.492 e. The van der Waals surface area contributed by atoms with Gasteiger partial charge in [0.15, 0.2) is 0 Å². The number of ether oxygens (including phenoxy) is 1. The first-order chi connectivity index (χ1) is 12.1. The number of hydrogen-bond donors (Lipinski definition) is 0. The Morgan fingerprint density at radius 1 is 1.20 bits per heavy atom. The van der Waals surface area contributed by atoms with Crippen LogP contribution < -0.4 is 4.74 Å². The van der Waals surface area contributed by atoms with E-state index in [0.717, 1.165) is 0 Å². The topological polar surface area (TPSA) is 73.1 Å². The average molecular weight is 341 g/mol. The smallest absolute Gasteiger partial charge is 0.255 e. The molecule has 3 rings (SSSR count). The van der Waals surface area contributed by atoms with Gasteiger partial charge in [0.25, 0.3) is 5.91 Å².